The summed E-state index contributed by atoms with van der Waals surface area (Å²) in [4.78, 5) is 23.5. The average Bonchev–Trinajstić information content (AvgIpc) is 2.53. The monoisotopic (exact) mass is 216 g/mol. The van der Waals surface area contributed by atoms with E-state index in [0.29, 0.717) is 12.8 Å². The van der Waals surface area contributed by atoms with Gasteiger partial charge in [-0.1, -0.05) is 18.2 Å². The zero-order valence-corrected chi connectivity index (χ0v) is 8.75. The molecule has 1 aromatic rings. The third-order valence-corrected chi connectivity index (χ3v) is 3.33. The van der Waals surface area contributed by atoms with Crippen LogP contribution in [-0.2, 0) is 15.1 Å². The summed E-state index contributed by atoms with van der Waals surface area (Å²) in [6, 6.07) is 7.53. The summed E-state index contributed by atoms with van der Waals surface area (Å²) >= 11 is 0. The van der Waals surface area contributed by atoms with Crippen LogP contribution >= 0.6 is 0 Å². The number of para-hydroxylation sites is 1. The summed E-state index contributed by atoms with van der Waals surface area (Å²) < 4.78 is 0. The Kier molecular flexibility index (Phi) is 1.80. The van der Waals surface area contributed by atoms with Crippen molar-refractivity contribution in [2.45, 2.75) is 24.8 Å². The number of hydrogen-bond acceptors (Lipinski definition) is 2. The van der Waals surface area contributed by atoms with Crippen molar-refractivity contribution in [3.05, 3.63) is 29.8 Å². The molecule has 16 heavy (non-hydrogen) atoms. The molecule has 0 radical (unpaired) electrons. The van der Waals surface area contributed by atoms with Gasteiger partial charge in [0, 0.05) is 17.7 Å². The second kappa shape index (κ2) is 3.07. The van der Waals surface area contributed by atoms with Crippen LogP contribution in [0.3, 0.4) is 0 Å². The van der Waals surface area contributed by atoms with Crippen LogP contribution in [0.2, 0.25) is 0 Å². The third kappa shape index (κ3) is 1.10. The van der Waals surface area contributed by atoms with E-state index in [0.717, 1.165) is 17.7 Å². The number of anilines is 1. The Balaban J connectivity index is 2.13. The first-order valence-electron chi connectivity index (χ1n) is 5.44. The van der Waals surface area contributed by atoms with Crippen molar-refractivity contribution in [3.63, 3.8) is 0 Å². The predicted octanol–water partition coefficient (Wildman–Crippen LogP) is 1.13. The molecule has 0 bridgehead atoms. The van der Waals surface area contributed by atoms with Crippen LogP contribution in [0, 0.1) is 0 Å². The first-order chi connectivity index (χ1) is 7.72. The maximum absolute atomic E-state index is 12.0. The second-order valence-corrected chi connectivity index (χ2v) is 4.31. The highest BCUT2D eigenvalue weighted by Crippen LogP contribution is 2.40. The maximum Gasteiger partial charge on any atom is 0.254 e. The Morgan fingerprint density at radius 3 is 2.81 bits per heavy atom. The fraction of sp³-hybridized carbons (Fsp3) is 0.333. The number of piperidine rings is 1. The van der Waals surface area contributed by atoms with Gasteiger partial charge in [0.1, 0.15) is 5.54 Å². The van der Waals surface area contributed by atoms with E-state index in [2.05, 4.69) is 10.6 Å². The van der Waals surface area contributed by atoms with E-state index in [1.54, 1.807) is 0 Å². The van der Waals surface area contributed by atoms with Gasteiger partial charge < -0.3 is 10.6 Å². The minimum atomic E-state index is -0.814. The summed E-state index contributed by atoms with van der Waals surface area (Å²) in [5.74, 6) is -0.153. The van der Waals surface area contributed by atoms with Gasteiger partial charge in [-0.25, -0.2) is 0 Å². The van der Waals surface area contributed by atoms with Gasteiger partial charge in [0.25, 0.3) is 5.91 Å². The number of amides is 2. The van der Waals surface area contributed by atoms with Crippen LogP contribution in [0.15, 0.2) is 24.3 Å². The minimum absolute atomic E-state index is 0.0434. The molecule has 3 rings (SSSR count). The molecular formula is C12H12N2O2. The summed E-state index contributed by atoms with van der Waals surface area (Å²) in [6.07, 6.45) is 1.95. The van der Waals surface area contributed by atoms with E-state index in [4.69, 9.17) is 0 Å². The average molecular weight is 216 g/mol. The van der Waals surface area contributed by atoms with Crippen LogP contribution in [0.5, 0.6) is 0 Å². The molecule has 0 aliphatic carbocycles. The van der Waals surface area contributed by atoms with E-state index in [1.165, 1.54) is 0 Å². The van der Waals surface area contributed by atoms with E-state index in [-0.39, 0.29) is 11.8 Å². The Morgan fingerprint density at radius 1 is 1.19 bits per heavy atom. The molecule has 2 aliphatic rings. The quantitative estimate of drug-likeness (QED) is 0.683. The molecule has 4 nitrogen and oxygen atoms in total. The van der Waals surface area contributed by atoms with Gasteiger partial charge in [0.05, 0.1) is 0 Å². The number of hydrogen-bond donors (Lipinski definition) is 2. The van der Waals surface area contributed by atoms with E-state index < -0.39 is 5.54 Å². The number of fused-ring (bicyclic) bond motifs is 2. The number of carbonyl (C=O) groups is 2. The first kappa shape index (κ1) is 9.39. The van der Waals surface area contributed by atoms with Crippen molar-refractivity contribution in [2.24, 2.45) is 0 Å². The van der Waals surface area contributed by atoms with Gasteiger partial charge in [0.2, 0.25) is 5.91 Å². The molecule has 0 aromatic heterocycles. The lowest BCUT2D eigenvalue weighted by atomic mass is 9.83. The van der Waals surface area contributed by atoms with E-state index >= 15 is 0 Å². The first-order valence-corrected chi connectivity index (χ1v) is 5.44. The third-order valence-electron chi connectivity index (χ3n) is 3.33. The predicted molar refractivity (Wildman–Crippen MR) is 58.7 cm³/mol. The van der Waals surface area contributed by atoms with Gasteiger partial charge in [-0.05, 0) is 18.9 Å². The molecule has 1 fully saturated rings. The molecule has 1 spiro atoms. The Morgan fingerprint density at radius 2 is 2.00 bits per heavy atom. The number of carbonyl (C=O) groups excluding carboxylic acids is 2. The van der Waals surface area contributed by atoms with E-state index in [1.807, 2.05) is 24.3 Å². The van der Waals surface area contributed by atoms with Gasteiger partial charge >= 0.3 is 0 Å². The van der Waals surface area contributed by atoms with Crippen molar-refractivity contribution in [1.82, 2.24) is 5.32 Å². The van der Waals surface area contributed by atoms with Crippen molar-refractivity contribution >= 4 is 17.5 Å². The van der Waals surface area contributed by atoms with Crippen LogP contribution in [-0.4, -0.2) is 11.8 Å². The molecule has 1 unspecified atom stereocenters. The number of nitrogens with one attached hydrogen (secondary N) is 2. The van der Waals surface area contributed by atoms with Gasteiger partial charge in [-0.2, -0.15) is 0 Å². The van der Waals surface area contributed by atoms with Gasteiger partial charge in [-0.3, -0.25) is 9.59 Å². The highest BCUT2D eigenvalue weighted by atomic mass is 16.2. The summed E-state index contributed by atoms with van der Waals surface area (Å²) in [5, 5.41) is 5.67. The minimum Gasteiger partial charge on any atom is -0.338 e. The molecule has 4 heteroatoms. The molecular weight excluding hydrogens is 204 g/mol. The van der Waals surface area contributed by atoms with Crippen molar-refractivity contribution in [3.8, 4) is 0 Å². The fourth-order valence-electron chi connectivity index (χ4n) is 2.57. The maximum atomic E-state index is 12.0. The molecule has 0 saturated carbocycles. The Labute approximate surface area is 93.0 Å². The second-order valence-electron chi connectivity index (χ2n) is 4.31. The zero-order chi connectivity index (χ0) is 11.2. The molecule has 1 saturated heterocycles. The largest absolute Gasteiger partial charge is 0.338 e. The van der Waals surface area contributed by atoms with Crippen molar-refractivity contribution in [1.29, 1.82) is 0 Å². The van der Waals surface area contributed by atoms with E-state index in [9.17, 15) is 9.59 Å². The SMILES string of the molecule is O=C1CCCC2(N1)C(=O)Nc1ccccc12. The van der Waals surface area contributed by atoms with Crippen LogP contribution in [0.4, 0.5) is 5.69 Å². The highest BCUT2D eigenvalue weighted by Gasteiger charge is 2.48. The molecule has 1 aromatic carbocycles. The van der Waals surface area contributed by atoms with Crippen LogP contribution < -0.4 is 10.6 Å². The Hall–Kier alpha value is -1.84. The fourth-order valence-corrected chi connectivity index (χ4v) is 2.57. The summed E-state index contributed by atoms with van der Waals surface area (Å²) in [5.41, 5.74) is 0.897. The smallest absolute Gasteiger partial charge is 0.254 e. The molecule has 2 heterocycles. The topological polar surface area (TPSA) is 58.2 Å². The standard InChI is InChI=1S/C12H12N2O2/c15-10-6-3-7-12(14-10)8-4-1-2-5-9(8)13-11(12)16/h1-2,4-5H,3,6-7H2,(H,13,16)(H,14,15). The molecule has 2 aliphatic heterocycles. The summed E-state index contributed by atoms with van der Waals surface area (Å²) in [7, 11) is 0. The van der Waals surface area contributed by atoms with Gasteiger partial charge in [0.15, 0.2) is 0 Å². The molecule has 1 atom stereocenters. The highest BCUT2D eigenvalue weighted by molar-refractivity contribution is 6.08. The lowest BCUT2D eigenvalue weighted by Gasteiger charge is -2.32. The number of rotatable bonds is 0. The number of benzene rings is 1. The molecule has 2 N–H and O–H groups in total. The summed E-state index contributed by atoms with van der Waals surface area (Å²) in [6.45, 7) is 0. The normalized spacial score (nSPS) is 27.5. The zero-order valence-electron chi connectivity index (χ0n) is 8.75. The van der Waals surface area contributed by atoms with Gasteiger partial charge in [-0.15, -0.1) is 0 Å². The van der Waals surface area contributed by atoms with Crippen LogP contribution in [0.1, 0.15) is 24.8 Å². The lowest BCUT2D eigenvalue weighted by Crippen LogP contribution is -2.53. The van der Waals surface area contributed by atoms with Crippen molar-refractivity contribution < 1.29 is 9.59 Å². The Bertz CT molecular complexity index is 484. The molecule has 2 amide bonds. The van der Waals surface area contributed by atoms with Crippen LogP contribution in [0.25, 0.3) is 0 Å². The lowest BCUT2D eigenvalue weighted by molar-refractivity contribution is -0.133. The van der Waals surface area contributed by atoms with Crippen molar-refractivity contribution in [2.75, 3.05) is 5.32 Å². The molecule has 82 valence electrons.